The second-order valence-corrected chi connectivity index (χ2v) is 5.30. The van der Waals surface area contributed by atoms with Crippen molar-refractivity contribution in [2.75, 3.05) is 19.7 Å². The van der Waals surface area contributed by atoms with Crippen LogP contribution in [0.2, 0.25) is 5.02 Å². The summed E-state index contributed by atoms with van der Waals surface area (Å²) < 4.78 is 5.68. The molecule has 0 amide bonds. The predicted molar refractivity (Wildman–Crippen MR) is 82.0 cm³/mol. The van der Waals surface area contributed by atoms with Crippen LogP contribution in [-0.4, -0.2) is 39.9 Å². The molecule has 6 heteroatoms. The number of rotatable bonds is 8. The van der Waals surface area contributed by atoms with Crippen molar-refractivity contribution < 1.29 is 9.52 Å². The van der Waals surface area contributed by atoms with Crippen molar-refractivity contribution in [2.24, 2.45) is 0 Å². The van der Waals surface area contributed by atoms with Crippen molar-refractivity contribution in [1.29, 1.82) is 0 Å². The Morgan fingerprint density at radius 1 is 1.29 bits per heavy atom. The topological polar surface area (TPSA) is 62.4 Å². The minimum atomic E-state index is 0.124. The number of halogens is 1. The third-order valence-corrected chi connectivity index (χ3v) is 3.38. The lowest BCUT2D eigenvalue weighted by atomic mass is 10.2. The van der Waals surface area contributed by atoms with Crippen LogP contribution >= 0.6 is 11.6 Å². The first-order valence-electron chi connectivity index (χ1n) is 7.14. The first kappa shape index (κ1) is 15.9. The van der Waals surface area contributed by atoms with Gasteiger partial charge in [0, 0.05) is 17.1 Å². The Bertz CT molecular complexity index is 559. The number of unbranched alkanes of at least 4 members (excludes halogenated alkanes) is 1. The number of nitrogens with zero attached hydrogens (tertiary/aromatic N) is 3. The zero-order valence-electron chi connectivity index (χ0n) is 12.1. The molecule has 0 aliphatic carbocycles. The largest absolute Gasteiger partial charge is 0.419 e. The third kappa shape index (κ3) is 4.81. The number of aromatic nitrogens is 2. The van der Waals surface area contributed by atoms with Crippen LogP contribution in [0.4, 0.5) is 0 Å². The molecule has 5 nitrogen and oxygen atoms in total. The first-order chi connectivity index (χ1) is 10.2. The molecule has 0 aliphatic heterocycles. The summed E-state index contributed by atoms with van der Waals surface area (Å²) in [5.74, 6) is 1.02. The van der Waals surface area contributed by atoms with Gasteiger partial charge in [0.25, 0.3) is 0 Å². The standard InChI is InChI=1S/C15H20ClN3O2/c1-2-3-7-19(8-9-20)11-14-17-18-15(21-14)12-5-4-6-13(16)10-12/h4-6,10,20H,2-3,7-9,11H2,1H3. The fourth-order valence-electron chi connectivity index (χ4n) is 2.04. The fourth-order valence-corrected chi connectivity index (χ4v) is 2.23. The summed E-state index contributed by atoms with van der Waals surface area (Å²) in [6.07, 6.45) is 2.19. The average Bonchev–Trinajstić information content (AvgIpc) is 2.93. The quantitative estimate of drug-likeness (QED) is 0.812. The Balaban J connectivity index is 2.04. The van der Waals surface area contributed by atoms with Crippen LogP contribution in [-0.2, 0) is 6.54 Å². The van der Waals surface area contributed by atoms with Gasteiger partial charge in [0.05, 0.1) is 13.2 Å². The van der Waals surface area contributed by atoms with Crippen LogP contribution in [0.1, 0.15) is 25.7 Å². The van der Waals surface area contributed by atoms with Crippen molar-refractivity contribution in [3.8, 4) is 11.5 Å². The molecule has 0 saturated carbocycles. The van der Waals surface area contributed by atoms with E-state index in [1.165, 1.54) is 0 Å². The maximum atomic E-state index is 9.10. The predicted octanol–water partition coefficient (Wildman–Crippen LogP) is 2.98. The van der Waals surface area contributed by atoms with Gasteiger partial charge >= 0.3 is 0 Å². The fraction of sp³-hybridized carbons (Fsp3) is 0.467. The summed E-state index contributed by atoms with van der Waals surface area (Å²) in [5.41, 5.74) is 0.809. The molecule has 0 spiro atoms. The highest BCUT2D eigenvalue weighted by atomic mass is 35.5. The highest BCUT2D eigenvalue weighted by Gasteiger charge is 2.12. The van der Waals surface area contributed by atoms with Gasteiger partial charge in [-0.3, -0.25) is 4.90 Å². The van der Waals surface area contributed by atoms with E-state index in [-0.39, 0.29) is 6.61 Å². The maximum Gasteiger partial charge on any atom is 0.247 e. The van der Waals surface area contributed by atoms with Crippen molar-refractivity contribution in [3.63, 3.8) is 0 Å². The highest BCUT2D eigenvalue weighted by Crippen LogP contribution is 2.21. The number of aliphatic hydroxyl groups is 1. The summed E-state index contributed by atoms with van der Waals surface area (Å²) >= 11 is 5.96. The summed E-state index contributed by atoms with van der Waals surface area (Å²) in [7, 11) is 0. The minimum absolute atomic E-state index is 0.124. The van der Waals surface area contributed by atoms with Gasteiger partial charge in [0.2, 0.25) is 11.8 Å². The van der Waals surface area contributed by atoms with Crippen LogP contribution < -0.4 is 0 Å². The van der Waals surface area contributed by atoms with Crippen LogP contribution in [0, 0.1) is 0 Å². The summed E-state index contributed by atoms with van der Waals surface area (Å²) in [4.78, 5) is 2.11. The van der Waals surface area contributed by atoms with E-state index in [1.54, 1.807) is 12.1 Å². The van der Waals surface area contributed by atoms with Crippen molar-refractivity contribution in [3.05, 3.63) is 35.2 Å². The molecule has 1 N–H and O–H groups in total. The lowest BCUT2D eigenvalue weighted by Crippen LogP contribution is -2.27. The normalized spacial score (nSPS) is 11.2. The zero-order chi connectivity index (χ0) is 15.1. The molecule has 0 bridgehead atoms. The minimum Gasteiger partial charge on any atom is -0.419 e. The monoisotopic (exact) mass is 309 g/mol. The molecule has 2 rings (SSSR count). The van der Waals surface area contributed by atoms with E-state index in [0.29, 0.717) is 29.9 Å². The zero-order valence-corrected chi connectivity index (χ0v) is 12.9. The van der Waals surface area contributed by atoms with Gasteiger partial charge in [-0.05, 0) is 31.2 Å². The molecular formula is C15H20ClN3O2. The molecule has 114 valence electrons. The van der Waals surface area contributed by atoms with E-state index in [4.69, 9.17) is 21.1 Å². The van der Waals surface area contributed by atoms with E-state index in [0.717, 1.165) is 24.9 Å². The molecular weight excluding hydrogens is 290 g/mol. The molecule has 0 saturated heterocycles. The Morgan fingerprint density at radius 2 is 2.14 bits per heavy atom. The van der Waals surface area contributed by atoms with Crippen LogP contribution in [0.15, 0.2) is 28.7 Å². The molecule has 2 aromatic rings. The smallest absolute Gasteiger partial charge is 0.247 e. The van der Waals surface area contributed by atoms with Gasteiger partial charge in [0.15, 0.2) is 0 Å². The Kier molecular flexibility index (Phi) is 6.17. The summed E-state index contributed by atoms with van der Waals surface area (Å²) in [6.45, 7) is 4.33. The SMILES string of the molecule is CCCCN(CCO)Cc1nnc(-c2cccc(Cl)c2)o1. The maximum absolute atomic E-state index is 9.10. The molecule has 21 heavy (non-hydrogen) atoms. The molecule has 0 atom stereocenters. The Labute approximate surface area is 129 Å². The molecule has 0 aliphatic rings. The number of aliphatic hydroxyl groups excluding tert-OH is 1. The van der Waals surface area contributed by atoms with Gasteiger partial charge in [-0.2, -0.15) is 0 Å². The number of benzene rings is 1. The van der Waals surface area contributed by atoms with E-state index in [9.17, 15) is 0 Å². The van der Waals surface area contributed by atoms with Crippen molar-refractivity contribution in [2.45, 2.75) is 26.3 Å². The second-order valence-electron chi connectivity index (χ2n) is 4.86. The molecule has 0 unspecified atom stereocenters. The van der Waals surface area contributed by atoms with Gasteiger partial charge in [-0.25, -0.2) is 0 Å². The highest BCUT2D eigenvalue weighted by molar-refractivity contribution is 6.30. The van der Waals surface area contributed by atoms with Gasteiger partial charge in [-0.15, -0.1) is 10.2 Å². The summed E-state index contributed by atoms with van der Waals surface area (Å²) in [5, 5.41) is 17.9. The molecule has 1 aromatic heterocycles. The van der Waals surface area contributed by atoms with Crippen molar-refractivity contribution in [1.82, 2.24) is 15.1 Å². The van der Waals surface area contributed by atoms with Crippen LogP contribution in [0.3, 0.4) is 0 Å². The number of hydrogen-bond acceptors (Lipinski definition) is 5. The average molecular weight is 310 g/mol. The van der Waals surface area contributed by atoms with Crippen LogP contribution in [0.25, 0.3) is 11.5 Å². The van der Waals surface area contributed by atoms with E-state index in [2.05, 4.69) is 22.0 Å². The van der Waals surface area contributed by atoms with Crippen LogP contribution in [0.5, 0.6) is 0 Å². The first-order valence-corrected chi connectivity index (χ1v) is 7.52. The molecule has 1 aromatic carbocycles. The van der Waals surface area contributed by atoms with Gasteiger partial charge in [-0.1, -0.05) is 31.0 Å². The third-order valence-electron chi connectivity index (χ3n) is 3.14. The van der Waals surface area contributed by atoms with Crippen molar-refractivity contribution >= 4 is 11.6 Å². The van der Waals surface area contributed by atoms with Gasteiger partial charge in [0.1, 0.15) is 0 Å². The number of hydrogen-bond donors (Lipinski definition) is 1. The van der Waals surface area contributed by atoms with E-state index >= 15 is 0 Å². The molecule has 0 fully saturated rings. The van der Waals surface area contributed by atoms with Gasteiger partial charge < -0.3 is 9.52 Å². The molecule has 0 radical (unpaired) electrons. The van der Waals surface area contributed by atoms with E-state index in [1.807, 2.05) is 12.1 Å². The lowest BCUT2D eigenvalue weighted by Gasteiger charge is -2.18. The molecule has 1 heterocycles. The second kappa shape index (κ2) is 8.12. The lowest BCUT2D eigenvalue weighted by molar-refractivity contribution is 0.177. The van der Waals surface area contributed by atoms with E-state index < -0.39 is 0 Å². The summed E-state index contributed by atoms with van der Waals surface area (Å²) in [6, 6.07) is 7.32. The Hall–Kier alpha value is -1.43. The Morgan fingerprint density at radius 3 is 2.86 bits per heavy atom.